The van der Waals surface area contributed by atoms with Crippen LogP contribution in [0, 0.1) is 5.82 Å². The predicted octanol–water partition coefficient (Wildman–Crippen LogP) is 2.80. The van der Waals surface area contributed by atoms with E-state index in [1.165, 1.54) is 16.7 Å². The van der Waals surface area contributed by atoms with Crippen LogP contribution < -0.4 is 11.4 Å². The summed E-state index contributed by atoms with van der Waals surface area (Å²) in [5.41, 5.74) is 0.293. The first-order chi connectivity index (χ1) is 10.1. The molecular formula is C15H9ClFNO3. The van der Waals surface area contributed by atoms with Gasteiger partial charge in [0.25, 0.3) is 0 Å². The van der Waals surface area contributed by atoms with Crippen LogP contribution in [0.4, 0.5) is 4.39 Å². The normalized spacial score (nSPS) is 11.0. The molecule has 6 heteroatoms. The van der Waals surface area contributed by atoms with Gasteiger partial charge in [-0.1, -0.05) is 29.8 Å². The molecule has 106 valence electrons. The van der Waals surface area contributed by atoms with E-state index in [1.54, 1.807) is 30.3 Å². The number of halogens is 2. The van der Waals surface area contributed by atoms with Crippen molar-refractivity contribution in [1.29, 1.82) is 0 Å². The minimum Gasteiger partial charge on any atom is -0.372 e. The van der Waals surface area contributed by atoms with Crippen LogP contribution in [-0.4, -0.2) is 4.57 Å². The quantitative estimate of drug-likeness (QED) is 0.731. The molecule has 1 aromatic heterocycles. The molecule has 0 unspecified atom stereocenters. The Hall–Kier alpha value is -2.40. The first-order valence-corrected chi connectivity index (χ1v) is 6.50. The average molecular weight is 306 g/mol. The van der Waals surface area contributed by atoms with E-state index in [1.807, 2.05) is 0 Å². The Morgan fingerprint density at radius 1 is 1.14 bits per heavy atom. The highest BCUT2D eigenvalue weighted by Gasteiger charge is 2.10. The first-order valence-electron chi connectivity index (χ1n) is 6.13. The molecule has 3 rings (SSSR count). The molecule has 4 nitrogen and oxygen atoms in total. The van der Waals surface area contributed by atoms with Crippen molar-refractivity contribution in [1.82, 2.24) is 4.57 Å². The molecule has 0 N–H and O–H groups in total. The van der Waals surface area contributed by atoms with Crippen LogP contribution in [0.5, 0.6) is 0 Å². The lowest BCUT2D eigenvalue weighted by Crippen LogP contribution is -2.25. The Balaban J connectivity index is 2.18. The SMILES string of the molecule is O=c1oc(=O)n(Cc2ccc(Cl)c(F)c2)c2ccccc12. The highest BCUT2D eigenvalue weighted by atomic mass is 35.5. The van der Waals surface area contributed by atoms with E-state index >= 15 is 0 Å². The van der Waals surface area contributed by atoms with Crippen molar-refractivity contribution < 1.29 is 8.81 Å². The fourth-order valence-electron chi connectivity index (χ4n) is 2.14. The van der Waals surface area contributed by atoms with Gasteiger partial charge in [-0.25, -0.2) is 14.0 Å². The monoisotopic (exact) mass is 305 g/mol. The molecule has 3 aromatic rings. The van der Waals surface area contributed by atoms with Gasteiger partial charge >= 0.3 is 11.4 Å². The van der Waals surface area contributed by atoms with Gasteiger partial charge in [-0.3, -0.25) is 4.57 Å². The third kappa shape index (κ3) is 2.48. The largest absolute Gasteiger partial charge is 0.422 e. The van der Waals surface area contributed by atoms with Crippen molar-refractivity contribution in [2.45, 2.75) is 6.54 Å². The number of benzene rings is 2. The number of aromatic nitrogens is 1. The Morgan fingerprint density at radius 2 is 1.90 bits per heavy atom. The molecular weight excluding hydrogens is 297 g/mol. The second-order valence-corrected chi connectivity index (χ2v) is 4.91. The second-order valence-electron chi connectivity index (χ2n) is 4.51. The van der Waals surface area contributed by atoms with Crippen LogP contribution in [0.25, 0.3) is 10.9 Å². The fraction of sp³-hybridized carbons (Fsp3) is 0.0667. The van der Waals surface area contributed by atoms with Gasteiger partial charge in [-0.05, 0) is 29.8 Å². The van der Waals surface area contributed by atoms with Gasteiger partial charge in [0.1, 0.15) is 5.82 Å². The number of hydrogen-bond acceptors (Lipinski definition) is 3. The zero-order valence-corrected chi connectivity index (χ0v) is 11.4. The highest BCUT2D eigenvalue weighted by Crippen LogP contribution is 2.17. The maximum atomic E-state index is 13.5. The van der Waals surface area contributed by atoms with Crippen molar-refractivity contribution in [3.63, 3.8) is 0 Å². The zero-order chi connectivity index (χ0) is 15.0. The van der Waals surface area contributed by atoms with Crippen molar-refractivity contribution in [3.8, 4) is 0 Å². The minimum absolute atomic E-state index is 0.00977. The summed E-state index contributed by atoms with van der Waals surface area (Å²) in [5.74, 6) is -1.35. The molecule has 0 saturated carbocycles. The molecule has 0 bridgehead atoms. The van der Waals surface area contributed by atoms with Gasteiger partial charge in [-0.15, -0.1) is 0 Å². The van der Waals surface area contributed by atoms with E-state index in [-0.39, 0.29) is 11.6 Å². The molecule has 0 amide bonds. The maximum absolute atomic E-state index is 13.5. The van der Waals surface area contributed by atoms with Gasteiger partial charge < -0.3 is 4.42 Å². The molecule has 21 heavy (non-hydrogen) atoms. The van der Waals surface area contributed by atoms with Crippen molar-refractivity contribution >= 4 is 22.5 Å². The summed E-state index contributed by atoms with van der Waals surface area (Å²) >= 11 is 5.63. The van der Waals surface area contributed by atoms with E-state index in [9.17, 15) is 14.0 Å². The van der Waals surface area contributed by atoms with E-state index in [4.69, 9.17) is 11.6 Å². The van der Waals surface area contributed by atoms with E-state index < -0.39 is 17.2 Å². The topological polar surface area (TPSA) is 52.2 Å². The van der Waals surface area contributed by atoms with E-state index in [2.05, 4.69) is 4.42 Å². The molecule has 0 saturated heterocycles. The lowest BCUT2D eigenvalue weighted by Gasteiger charge is -2.08. The molecule has 2 aromatic carbocycles. The summed E-state index contributed by atoms with van der Waals surface area (Å²) in [6.07, 6.45) is 0. The summed E-state index contributed by atoms with van der Waals surface area (Å²) in [4.78, 5) is 23.5. The van der Waals surface area contributed by atoms with Gasteiger partial charge in [0.15, 0.2) is 0 Å². The number of rotatable bonds is 2. The summed E-state index contributed by atoms with van der Waals surface area (Å²) in [5, 5.41) is 0.307. The van der Waals surface area contributed by atoms with Crippen molar-refractivity contribution in [2.75, 3.05) is 0 Å². The lowest BCUT2D eigenvalue weighted by molar-refractivity contribution is 0.424. The van der Waals surface area contributed by atoms with Crippen molar-refractivity contribution in [2.24, 2.45) is 0 Å². The van der Waals surface area contributed by atoms with Crippen LogP contribution in [0.1, 0.15) is 5.56 Å². The number of nitrogens with zero attached hydrogens (tertiary/aromatic N) is 1. The summed E-state index contributed by atoms with van der Waals surface area (Å²) in [7, 11) is 0. The van der Waals surface area contributed by atoms with Crippen molar-refractivity contribution in [3.05, 3.63) is 79.8 Å². The second kappa shape index (κ2) is 5.18. The summed E-state index contributed by atoms with van der Waals surface area (Å²) in [6, 6.07) is 10.9. The highest BCUT2D eigenvalue weighted by molar-refractivity contribution is 6.30. The average Bonchev–Trinajstić information content (AvgIpc) is 2.47. The Labute approximate surface area is 123 Å². The molecule has 0 fully saturated rings. The van der Waals surface area contributed by atoms with E-state index in [0.29, 0.717) is 16.5 Å². The predicted molar refractivity (Wildman–Crippen MR) is 77.3 cm³/mol. The molecule has 0 aliphatic carbocycles. The first kappa shape index (κ1) is 13.6. The summed E-state index contributed by atoms with van der Waals surface area (Å²) in [6.45, 7) is 0.0806. The fourth-order valence-corrected chi connectivity index (χ4v) is 2.26. The number of para-hydroxylation sites is 1. The lowest BCUT2D eigenvalue weighted by atomic mass is 10.2. The Kier molecular flexibility index (Phi) is 3.35. The number of fused-ring (bicyclic) bond motifs is 1. The van der Waals surface area contributed by atoms with Crippen LogP contribution in [0.2, 0.25) is 5.02 Å². The summed E-state index contributed by atoms with van der Waals surface area (Å²) < 4.78 is 19.4. The third-order valence-corrected chi connectivity index (χ3v) is 3.45. The van der Waals surface area contributed by atoms with Crippen LogP contribution >= 0.6 is 11.6 Å². The molecule has 1 heterocycles. The van der Waals surface area contributed by atoms with E-state index in [0.717, 1.165) is 0 Å². The molecule has 0 aliphatic rings. The molecule has 0 radical (unpaired) electrons. The van der Waals surface area contributed by atoms with Gasteiger partial charge in [0.2, 0.25) is 0 Å². The van der Waals surface area contributed by atoms with Gasteiger partial charge in [0, 0.05) is 0 Å². The zero-order valence-electron chi connectivity index (χ0n) is 10.7. The minimum atomic E-state index is -0.783. The third-order valence-electron chi connectivity index (χ3n) is 3.14. The Bertz CT molecular complexity index is 946. The molecule has 0 atom stereocenters. The smallest absolute Gasteiger partial charge is 0.372 e. The molecule has 0 aliphatic heterocycles. The maximum Gasteiger partial charge on any atom is 0.422 e. The van der Waals surface area contributed by atoms with Gasteiger partial charge in [0.05, 0.1) is 22.5 Å². The number of hydrogen-bond donors (Lipinski definition) is 0. The van der Waals surface area contributed by atoms with Crippen LogP contribution in [-0.2, 0) is 6.54 Å². The van der Waals surface area contributed by atoms with Gasteiger partial charge in [-0.2, -0.15) is 0 Å². The standard InChI is InChI=1S/C15H9ClFNO3/c16-11-6-5-9(7-12(11)17)8-18-13-4-2-1-3-10(13)14(19)21-15(18)20/h1-7H,8H2. The molecule has 0 spiro atoms. The van der Waals surface area contributed by atoms with Crippen LogP contribution in [0.15, 0.2) is 56.5 Å². The Morgan fingerprint density at radius 3 is 2.67 bits per heavy atom. The van der Waals surface area contributed by atoms with Crippen LogP contribution in [0.3, 0.4) is 0 Å².